The standard InChI is InChI=1S/C31H30N2O6.C14H19NO2.ClH/c1-21-26(32-29(39-21)24-10-6-3-7-11-24)18-19-37-25-14-12-23(13-15-25)27-16-17-28(30(34)35)33(27)31(36)38-20-22-8-4-2-5-9-22;16-13-6-4-12(5-7-13)14(17)8-11-15-9-2-1-3-10-15;/h2-15,27-28H,16-20H2,1H3,(H,34,35);4-7,16H,1-3,8-11H2;1H/t27-,28-;;/m1../s1. The number of phenols is 1. The van der Waals surface area contributed by atoms with Crippen molar-refractivity contribution in [1.82, 2.24) is 14.8 Å². The van der Waals surface area contributed by atoms with Crippen LogP contribution in [0.5, 0.6) is 11.5 Å². The quantitative estimate of drug-likeness (QED) is 0.111. The van der Waals surface area contributed by atoms with Crippen molar-refractivity contribution in [3.05, 3.63) is 137 Å². The van der Waals surface area contributed by atoms with E-state index >= 15 is 0 Å². The Morgan fingerprint density at radius 1 is 0.842 bits per heavy atom. The molecular formula is C45H50ClN3O8. The predicted octanol–water partition coefficient (Wildman–Crippen LogP) is 9.07. The van der Waals surface area contributed by atoms with Crippen molar-refractivity contribution in [1.29, 1.82) is 0 Å². The molecule has 7 rings (SSSR count). The van der Waals surface area contributed by atoms with Gasteiger partial charge < -0.3 is 29.0 Å². The molecule has 0 unspecified atom stereocenters. The number of carbonyl (C=O) groups is 3. The van der Waals surface area contributed by atoms with Crippen molar-refractivity contribution >= 4 is 30.3 Å². The molecular weight excluding hydrogens is 746 g/mol. The minimum absolute atomic E-state index is 0. The number of likely N-dealkylation sites (tertiary alicyclic amines) is 2. The highest BCUT2D eigenvalue weighted by Gasteiger charge is 2.42. The van der Waals surface area contributed by atoms with Gasteiger partial charge >= 0.3 is 12.1 Å². The summed E-state index contributed by atoms with van der Waals surface area (Å²) in [6, 6.07) is 31.7. The van der Waals surface area contributed by atoms with Gasteiger partial charge in [0.25, 0.3) is 0 Å². The summed E-state index contributed by atoms with van der Waals surface area (Å²) in [6.45, 7) is 5.51. The van der Waals surface area contributed by atoms with Crippen molar-refractivity contribution in [2.45, 2.75) is 70.6 Å². The van der Waals surface area contributed by atoms with Gasteiger partial charge in [-0.15, -0.1) is 12.4 Å². The number of oxazole rings is 1. The second-order valence-corrected chi connectivity index (χ2v) is 14.1. The van der Waals surface area contributed by atoms with Crippen LogP contribution in [0, 0.1) is 6.92 Å². The molecule has 2 aliphatic heterocycles. The van der Waals surface area contributed by atoms with E-state index in [1.807, 2.05) is 91.9 Å². The number of aryl methyl sites for hydroxylation is 1. The van der Waals surface area contributed by atoms with E-state index < -0.39 is 24.1 Å². The van der Waals surface area contributed by atoms with Gasteiger partial charge in [-0.25, -0.2) is 14.6 Å². The Morgan fingerprint density at radius 2 is 1.51 bits per heavy atom. The van der Waals surface area contributed by atoms with E-state index in [0.29, 0.717) is 49.5 Å². The number of ketones is 1. The van der Waals surface area contributed by atoms with Crippen LogP contribution in [0.3, 0.4) is 0 Å². The number of halogens is 1. The average molecular weight is 796 g/mol. The summed E-state index contributed by atoms with van der Waals surface area (Å²) >= 11 is 0. The minimum Gasteiger partial charge on any atom is -0.508 e. The molecule has 3 heterocycles. The van der Waals surface area contributed by atoms with Crippen LogP contribution in [-0.4, -0.2) is 75.1 Å². The zero-order valence-electron chi connectivity index (χ0n) is 32.1. The molecule has 2 aliphatic rings. The Labute approximate surface area is 339 Å². The molecule has 12 heteroatoms. The average Bonchev–Trinajstić information content (AvgIpc) is 3.85. The molecule has 0 saturated carbocycles. The fraction of sp³-hybridized carbons (Fsp3) is 0.333. The number of carboxylic acids is 1. The van der Waals surface area contributed by atoms with E-state index in [4.69, 9.17) is 19.0 Å². The fourth-order valence-corrected chi connectivity index (χ4v) is 7.08. The maximum absolute atomic E-state index is 13.0. The van der Waals surface area contributed by atoms with Crippen molar-refractivity contribution in [2.75, 3.05) is 26.2 Å². The zero-order chi connectivity index (χ0) is 39.3. The second kappa shape index (κ2) is 21.0. The summed E-state index contributed by atoms with van der Waals surface area (Å²) in [4.78, 5) is 45.1. The summed E-state index contributed by atoms with van der Waals surface area (Å²) < 4.78 is 17.2. The number of benzene rings is 4. The second-order valence-electron chi connectivity index (χ2n) is 14.1. The normalized spacial score (nSPS) is 16.5. The Hall–Kier alpha value is -5.65. The third kappa shape index (κ3) is 11.9. The maximum atomic E-state index is 13.0. The van der Waals surface area contributed by atoms with Crippen LogP contribution < -0.4 is 4.74 Å². The molecule has 300 valence electrons. The number of hydrogen-bond acceptors (Lipinski definition) is 9. The van der Waals surface area contributed by atoms with E-state index in [0.717, 1.165) is 47.8 Å². The number of rotatable bonds is 13. The molecule has 4 aromatic carbocycles. The minimum atomic E-state index is -1.03. The number of ether oxygens (including phenoxy) is 2. The first-order valence-electron chi connectivity index (χ1n) is 19.3. The lowest BCUT2D eigenvalue weighted by molar-refractivity contribution is -0.142. The molecule has 2 atom stereocenters. The van der Waals surface area contributed by atoms with Crippen LogP contribution in [-0.2, 0) is 22.6 Å². The fourth-order valence-electron chi connectivity index (χ4n) is 7.08. The highest BCUT2D eigenvalue weighted by atomic mass is 35.5. The number of aliphatic carboxylic acids is 1. The Bertz CT molecular complexity index is 2020. The van der Waals surface area contributed by atoms with Crippen LogP contribution >= 0.6 is 12.4 Å². The van der Waals surface area contributed by atoms with Gasteiger partial charge in [0.1, 0.15) is 29.9 Å². The number of carboxylic acid groups (broad SMARTS) is 1. The number of amides is 1. The highest BCUT2D eigenvalue weighted by molar-refractivity contribution is 5.96. The maximum Gasteiger partial charge on any atom is 0.411 e. The van der Waals surface area contributed by atoms with Crippen LogP contribution in [0.15, 0.2) is 114 Å². The number of aromatic hydroxyl groups is 1. The van der Waals surface area contributed by atoms with Crippen LogP contribution in [0.1, 0.15) is 77.5 Å². The number of hydrogen-bond donors (Lipinski definition) is 2. The van der Waals surface area contributed by atoms with Crippen molar-refractivity contribution < 1.29 is 38.5 Å². The van der Waals surface area contributed by atoms with Crippen molar-refractivity contribution in [3.8, 4) is 23.0 Å². The Kier molecular flexibility index (Phi) is 15.7. The van der Waals surface area contributed by atoms with Gasteiger partial charge in [0.05, 0.1) is 18.3 Å². The lowest BCUT2D eigenvalue weighted by Crippen LogP contribution is -2.42. The summed E-state index contributed by atoms with van der Waals surface area (Å²) in [5.41, 5.74) is 4.15. The summed E-state index contributed by atoms with van der Waals surface area (Å²) in [6.07, 6.45) is 5.27. The molecule has 0 bridgehead atoms. The van der Waals surface area contributed by atoms with Crippen molar-refractivity contribution in [2.24, 2.45) is 0 Å². The van der Waals surface area contributed by atoms with Crippen LogP contribution in [0.2, 0.25) is 0 Å². The van der Waals surface area contributed by atoms with E-state index in [1.165, 1.54) is 24.2 Å². The smallest absolute Gasteiger partial charge is 0.411 e. The summed E-state index contributed by atoms with van der Waals surface area (Å²) in [5, 5.41) is 18.9. The third-order valence-corrected chi connectivity index (χ3v) is 10.2. The Balaban J connectivity index is 0.000000289. The SMILES string of the molecule is Cc1oc(-c2ccccc2)nc1CCOc1ccc([C@H]2CC[C@H](C(=O)O)N2C(=O)OCc2ccccc2)cc1.Cl.O=C(CCN1CCCCC1)c1ccc(O)cc1. The third-order valence-electron chi connectivity index (χ3n) is 10.2. The van der Waals surface area contributed by atoms with E-state index in [1.54, 1.807) is 24.3 Å². The van der Waals surface area contributed by atoms with Gasteiger partial charge in [0.15, 0.2) is 5.78 Å². The van der Waals surface area contributed by atoms with Crippen molar-refractivity contribution in [3.63, 3.8) is 0 Å². The molecule has 11 nitrogen and oxygen atoms in total. The van der Waals surface area contributed by atoms with Gasteiger partial charge in [-0.1, -0.05) is 67.1 Å². The van der Waals surface area contributed by atoms with E-state index in [-0.39, 0.29) is 30.5 Å². The number of phenolic OH excluding ortho intramolecular Hbond substituents is 1. The van der Waals surface area contributed by atoms with Gasteiger partial charge in [-0.3, -0.25) is 9.69 Å². The topological polar surface area (TPSA) is 143 Å². The molecule has 1 aromatic heterocycles. The molecule has 57 heavy (non-hydrogen) atoms. The largest absolute Gasteiger partial charge is 0.508 e. The molecule has 0 radical (unpaired) electrons. The lowest BCUT2D eigenvalue weighted by Gasteiger charge is -2.28. The predicted molar refractivity (Wildman–Crippen MR) is 219 cm³/mol. The zero-order valence-corrected chi connectivity index (χ0v) is 32.9. The summed E-state index contributed by atoms with van der Waals surface area (Å²) in [5.74, 6) is 1.37. The number of carbonyl (C=O) groups excluding carboxylic acids is 2. The van der Waals surface area contributed by atoms with E-state index in [2.05, 4.69) is 9.88 Å². The molecule has 1 amide bonds. The van der Waals surface area contributed by atoms with Crippen LogP contribution in [0.4, 0.5) is 4.79 Å². The number of nitrogens with zero attached hydrogens (tertiary/aromatic N) is 3. The number of aromatic nitrogens is 1. The first-order valence-corrected chi connectivity index (χ1v) is 19.3. The molecule has 2 fully saturated rings. The first kappa shape index (κ1) is 42.5. The highest BCUT2D eigenvalue weighted by Crippen LogP contribution is 2.37. The molecule has 0 aliphatic carbocycles. The molecule has 2 N–H and O–H groups in total. The van der Waals surface area contributed by atoms with Gasteiger partial charge in [0, 0.05) is 30.5 Å². The number of Topliss-reactive ketones (excluding diaryl/α,β-unsaturated/α-hetero) is 1. The summed E-state index contributed by atoms with van der Waals surface area (Å²) in [7, 11) is 0. The van der Waals surface area contributed by atoms with Gasteiger partial charge in [0.2, 0.25) is 5.89 Å². The van der Waals surface area contributed by atoms with Crippen LogP contribution in [0.25, 0.3) is 11.5 Å². The number of piperidine rings is 1. The van der Waals surface area contributed by atoms with E-state index in [9.17, 15) is 19.5 Å². The van der Waals surface area contributed by atoms with Gasteiger partial charge in [-0.05, 0) is 105 Å². The molecule has 2 saturated heterocycles. The molecule has 0 spiro atoms. The molecule has 5 aromatic rings. The Morgan fingerprint density at radius 3 is 2.18 bits per heavy atom. The lowest BCUT2D eigenvalue weighted by atomic mass is 10.0. The monoisotopic (exact) mass is 795 g/mol. The first-order chi connectivity index (χ1) is 27.2. The van der Waals surface area contributed by atoms with Gasteiger partial charge in [-0.2, -0.15) is 0 Å².